The van der Waals surface area contributed by atoms with Gasteiger partial charge in [-0.05, 0) is 46.5 Å². The molecule has 0 bridgehead atoms. The fraction of sp³-hybridized carbons (Fsp3) is 0.727. The summed E-state index contributed by atoms with van der Waals surface area (Å²) in [5.41, 5.74) is 1.18. The number of carbonyl (C=O) groups is 2. The fourth-order valence-electron chi connectivity index (χ4n) is 3.88. The van der Waals surface area contributed by atoms with Gasteiger partial charge in [0.25, 0.3) is 0 Å². The first-order chi connectivity index (χ1) is 12.6. The molecule has 152 valence electrons. The van der Waals surface area contributed by atoms with Crippen molar-refractivity contribution in [3.63, 3.8) is 0 Å². The van der Waals surface area contributed by atoms with E-state index in [-0.39, 0.29) is 30.1 Å². The van der Waals surface area contributed by atoms with E-state index < -0.39 is 11.7 Å². The van der Waals surface area contributed by atoms with E-state index in [4.69, 9.17) is 14.2 Å². The summed E-state index contributed by atoms with van der Waals surface area (Å²) in [7, 11) is 0. The highest BCUT2D eigenvalue weighted by molar-refractivity contribution is 5.87. The van der Waals surface area contributed by atoms with Crippen molar-refractivity contribution >= 4 is 11.9 Å². The summed E-state index contributed by atoms with van der Waals surface area (Å²) in [5, 5.41) is 0. The quantitative estimate of drug-likeness (QED) is 0.315. The average molecular weight is 379 g/mol. The minimum atomic E-state index is -0.648. The number of epoxide rings is 1. The molecule has 0 unspecified atom stereocenters. The molecule has 0 saturated carbocycles. The molecule has 0 spiro atoms. The van der Waals surface area contributed by atoms with E-state index >= 15 is 0 Å². The van der Waals surface area contributed by atoms with Gasteiger partial charge in [0.05, 0.1) is 0 Å². The third kappa shape index (κ3) is 5.01. The lowest BCUT2D eigenvalue weighted by molar-refractivity contribution is -0.152. The van der Waals surface area contributed by atoms with E-state index in [1.54, 1.807) is 13.0 Å². The Morgan fingerprint density at radius 1 is 1.30 bits per heavy atom. The minimum Gasteiger partial charge on any atom is -0.459 e. The van der Waals surface area contributed by atoms with Gasteiger partial charge >= 0.3 is 11.9 Å². The van der Waals surface area contributed by atoms with Crippen LogP contribution in [0.2, 0.25) is 0 Å². The first-order valence-electron chi connectivity index (χ1n) is 9.94. The molecule has 2 rings (SSSR count). The molecule has 0 N–H and O–H groups in total. The Morgan fingerprint density at radius 3 is 2.52 bits per heavy atom. The van der Waals surface area contributed by atoms with Crippen molar-refractivity contribution in [2.24, 2.45) is 11.8 Å². The zero-order valence-corrected chi connectivity index (χ0v) is 17.7. The molecule has 5 heteroatoms. The lowest BCUT2D eigenvalue weighted by Crippen LogP contribution is -2.42. The van der Waals surface area contributed by atoms with Crippen LogP contribution in [0.3, 0.4) is 0 Å². The van der Waals surface area contributed by atoms with Crippen LogP contribution in [0.1, 0.15) is 67.7 Å². The molecule has 1 heterocycles. The van der Waals surface area contributed by atoms with Crippen molar-refractivity contribution in [2.75, 3.05) is 0 Å². The van der Waals surface area contributed by atoms with Gasteiger partial charge in [-0.2, -0.15) is 0 Å². The van der Waals surface area contributed by atoms with Gasteiger partial charge < -0.3 is 14.2 Å². The minimum absolute atomic E-state index is 0.191. The number of ether oxygens (including phenoxy) is 3. The molecule has 1 aliphatic carbocycles. The predicted octanol–water partition coefficient (Wildman–Crippen LogP) is 4.36. The summed E-state index contributed by atoms with van der Waals surface area (Å²) in [4.78, 5) is 24.1. The number of esters is 2. The van der Waals surface area contributed by atoms with Crippen LogP contribution in [-0.4, -0.2) is 35.9 Å². The monoisotopic (exact) mass is 378 g/mol. The van der Waals surface area contributed by atoms with Crippen LogP contribution >= 0.6 is 0 Å². The summed E-state index contributed by atoms with van der Waals surface area (Å²) in [6.45, 7) is 13.4. The molecule has 1 aliphatic heterocycles. The van der Waals surface area contributed by atoms with E-state index in [1.165, 1.54) is 12.5 Å². The third-order valence-electron chi connectivity index (χ3n) is 5.96. The zero-order chi connectivity index (χ0) is 20.4. The van der Waals surface area contributed by atoms with Crippen molar-refractivity contribution < 1.29 is 23.8 Å². The van der Waals surface area contributed by atoms with E-state index in [1.807, 2.05) is 13.8 Å². The lowest BCUT2D eigenvalue weighted by Gasteiger charge is -2.31. The molecular weight excluding hydrogens is 344 g/mol. The van der Waals surface area contributed by atoms with Crippen LogP contribution in [0.25, 0.3) is 0 Å². The van der Waals surface area contributed by atoms with Crippen molar-refractivity contribution in [1.82, 2.24) is 0 Å². The summed E-state index contributed by atoms with van der Waals surface area (Å²) in [6, 6.07) is 0. The van der Waals surface area contributed by atoms with Gasteiger partial charge in [0, 0.05) is 24.8 Å². The molecule has 5 nitrogen and oxygen atoms in total. The Labute approximate surface area is 163 Å². The summed E-state index contributed by atoms with van der Waals surface area (Å²) < 4.78 is 17.6. The van der Waals surface area contributed by atoms with Crippen molar-refractivity contribution in [3.05, 3.63) is 23.3 Å². The topological polar surface area (TPSA) is 65.1 Å². The molecule has 2 aliphatic rings. The van der Waals surface area contributed by atoms with Gasteiger partial charge in [-0.3, -0.25) is 4.79 Å². The largest absolute Gasteiger partial charge is 0.459 e. The van der Waals surface area contributed by atoms with Crippen molar-refractivity contribution in [1.29, 1.82) is 0 Å². The van der Waals surface area contributed by atoms with E-state index in [9.17, 15) is 9.59 Å². The molecule has 1 saturated heterocycles. The SMILES string of the molecule is C/C=C(/C)C(=O)O[C@H]1C/C=C(\C)CC[C@@H](C(C)C)[C@@H](OC(C)=O)[C@H]2O[C@]12C. The first kappa shape index (κ1) is 21.7. The number of hydrogen-bond acceptors (Lipinski definition) is 5. The zero-order valence-electron chi connectivity index (χ0n) is 17.7. The highest BCUT2D eigenvalue weighted by Gasteiger charge is 2.64. The molecule has 1 fully saturated rings. The van der Waals surface area contributed by atoms with Crippen molar-refractivity contribution in [2.45, 2.75) is 91.6 Å². The first-order valence-corrected chi connectivity index (χ1v) is 9.94. The maximum Gasteiger partial charge on any atom is 0.333 e. The lowest BCUT2D eigenvalue weighted by atomic mass is 9.79. The van der Waals surface area contributed by atoms with Gasteiger partial charge in [-0.25, -0.2) is 4.79 Å². The van der Waals surface area contributed by atoms with Gasteiger partial charge in [0.2, 0.25) is 0 Å². The highest BCUT2D eigenvalue weighted by atomic mass is 16.7. The normalized spacial score (nSPS) is 36.3. The Balaban J connectivity index is 2.35. The highest BCUT2D eigenvalue weighted by Crippen LogP contribution is 2.49. The van der Waals surface area contributed by atoms with Crippen LogP contribution in [0.15, 0.2) is 23.3 Å². The van der Waals surface area contributed by atoms with Gasteiger partial charge in [0.15, 0.2) is 0 Å². The standard InChI is InChI=1S/C22H34O5/c1-8-15(5)21(24)26-18-12-10-14(4)9-11-17(13(2)3)19(25-16(6)23)20-22(18,7)27-20/h8,10,13,17-20H,9,11-12H2,1-7H3/b14-10+,15-8-/t17-,18-,19+,20+,22+/m0/s1. The van der Waals surface area contributed by atoms with Crippen LogP contribution < -0.4 is 0 Å². The molecule has 0 aromatic heterocycles. The van der Waals surface area contributed by atoms with E-state index in [2.05, 4.69) is 26.8 Å². The number of carbonyl (C=O) groups excluding carboxylic acids is 2. The van der Waals surface area contributed by atoms with Crippen molar-refractivity contribution in [3.8, 4) is 0 Å². The summed E-state index contributed by atoms with van der Waals surface area (Å²) >= 11 is 0. The van der Waals surface area contributed by atoms with Crippen LogP contribution in [0, 0.1) is 11.8 Å². The number of fused-ring (bicyclic) bond motifs is 1. The maximum atomic E-state index is 12.4. The van der Waals surface area contributed by atoms with Gasteiger partial charge in [-0.15, -0.1) is 0 Å². The van der Waals surface area contributed by atoms with Gasteiger partial charge in [-0.1, -0.05) is 31.6 Å². The number of allylic oxidation sites excluding steroid dienone is 2. The smallest absolute Gasteiger partial charge is 0.333 e. The third-order valence-corrected chi connectivity index (χ3v) is 5.96. The Morgan fingerprint density at radius 2 is 1.96 bits per heavy atom. The Hall–Kier alpha value is -1.62. The number of rotatable bonds is 4. The Bertz CT molecular complexity index is 633. The maximum absolute atomic E-state index is 12.4. The molecular formula is C22H34O5. The van der Waals surface area contributed by atoms with E-state index in [0.717, 1.165) is 12.8 Å². The second-order valence-electron chi connectivity index (χ2n) is 8.39. The van der Waals surface area contributed by atoms with E-state index in [0.29, 0.717) is 17.9 Å². The molecule has 0 aromatic carbocycles. The van der Waals surface area contributed by atoms with Crippen LogP contribution in [0.4, 0.5) is 0 Å². The molecule has 0 aromatic rings. The van der Waals surface area contributed by atoms with Crippen LogP contribution in [0.5, 0.6) is 0 Å². The summed E-state index contributed by atoms with van der Waals surface area (Å²) in [6.07, 6.45) is 5.36. The second-order valence-corrected chi connectivity index (χ2v) is 8.39. The molecule has 5 atom stereocenters. The fourth-order valence-corrected chi connectivity index (χ4v) is 3.88. The Kier molecular flexibility index (Phi) is 6.90. The van der Waals surface area contributed by atoms with Crippen LogP contribution in [-0.2, 0) is 23.8 Å². The molecule has 0 amide bonds. The average Bonchev–Trinajstić information content (AvgIpc) is 3.28. The summed E-state index contributed by atoms with van der Waals surface area (Å²) in [5.74, 6) is -0.0891. The predicted molar refractivity (Wildman–Crippen MR) is 104 cm³/mol. The molecule has 27 heavy (non-hydrogen) atoms. The second kappa shape index (κ2) is 8.59. The van der Waals surface area contributed by atoms with Gasteiger partial charge in [0.1, 0.15) is 23.9 Å². The molecule has 0 radical (unpaired) electrons. The number of hydrogen-bond donors (Lipinski definition) is 0.